The first-order chi connectivity index (χ1) is 12.1. The monoisotopic (exact) mass is 361 g/mol. The molecule has 1 fully saturated rings. The number of benzene rings is 1. The number of amides is 1. The fraction of sp³-hybridized carbons (Fsp3) is 0.474. The van der Waals surface area contributed by atoms with Crippen molar-refractivity contribution in [2.45, 2.75) is 39.3 Å². The predicted octanol–water partition coefficient (Wildman–Crippen LogP) is 3.91. The maximum Gasteiger partial charge on any atom is 0.407 e. The van der Waals surface area contributed by atoms with Crippen LogP contribution in [0.4, 0.5) is 4.79 Å². The van der Waals surface area contributed by atoms with E-state index in [0.717, 1.165) is 53.1 Å². The molecule has 0 aliphatic carbocycles. The summed E-state index contributed by atoms with van der Waals surface area (Å²) < 4.78 is 4.98. The molecule has 1 atom stereocenters. The van der Waals surface area contributed by atoms with Crippen LogP contribution in [0, 0.1) is 6.92 Å². The van der Waals surface area contributed by atoms with E-state index in [-0.39, 0.29) is 12.1 Å². The topological polar surface area (TPSA) is 54.5 Å². The van der Waals surface area contributed by atoms with Gasteiger partial charge in [0.15, 0.2) is 0 Å². The van der Waals surface area contributed by atoms with Gasteiger partial charge in [0.05, 0.1) is 22.8 Å². The van der Waals surface area contributed by atoms with Crippen LogP contribution in [0.2, 0.25) is 5.02 Å². The highest BCUT2D eigenvalue weighted by Gasteiger charge is 2.23. The van der Waals surface area contributed by atoms with Gasteiger partial charge < -0.3 is 10.1 Å². The molecule has 1 aliphatic heterocycles. The van der Waals surface area contributed by atoms with E-state index in [1.807, 2.05) is 38.1 Å². The highest BCUT2D eigenvalue weighted by molar-refractivity contribution is 6.32. The van der Waals surface area contributed by atoms with Gasteiger partial charge >= 0.3 is 6.09 Å². The van der Waals surface area contributed by atoms with Crippen LogP contribution >= 0.6 is 11.6 Å². The lowest BCUT2D eigenvalue weighted by Crippen LogP contribution is -2.47. The molecule has 0 spiro atoms. The number of aromatic nitrogens is 1. The molecule has 134 valence electrons. The molecule has 0 radical (unpaired) electrons. The van der Waals surface area contributed by atoms with Gasteiger partial charge in [-0.3, -0.25) is 4.90 Å². The number of carbonyl (C=O) groups is 1. The predicted molar refractivity (Wildman–Crippen MR) is 99.9 cm³/mol. The Morgan fingerprint density at radius 3 is 3.04 bits per heavy atom. The third-order valence-electron chi connectivity index (χ3n) is 4.62. The van der Waals surface area contributed by atoms with Crippen molar-refractivity contribution in [2.24, 2.45) is 0 Å². The molecular formula is C19H24ClN3O2. The van der Waals surface area contributed by atoms with Crippen molar-refractivity contribution in [3.63, 3.8) is 0 Å². The highest BCUT2D eigenvalue weighted by Crippen LogP contribution is 2.28. The number of hydrogen-bond donors (Lipinski definition) is 1. The van der Waals surface area contributed by atoms with E-state index >= 15 is 0 Å². The van der Waals surface area contributed by atoms with Gasteiger partial charge in [-0.25, -0.2) is 9.78 Å². The lowest BCUT2D eigenvalue weighted by atomic mass is 10.0. The van der Waals surface area contributed by atoms with E-state index in [4.69, 9.17) is 21.3 Å². The number of aryl methyl sites for hydroxylation is 1. The number of alkyl carbamates (subject to hydrolysis) is 1. The van der Waals surface area contributed by atoms with Gasteiger partial charge in [0, 0.05) is 24.5 Å². The molecule has 1 unspecified atom stereocenters. The summed E-state index contributed by atoms with van der Waals surface area (Å²) in [4.78, 5) is 18.7. The second-order valence-electron chi connectivity index (χ2n) is 6.45. The van der Waals surface area contributed by atoms with Gasteiger partial charge in [-0.2, -0.15) is 0 Å². The van der Waals surface area contributed by atoms with Crippen LogP contribution in [0.3, 0.4) is 0 Å². The van der Waals surface area contributed by atoms with Crippen LogP contribution in [-0.2, 0) is 11.3 Å². The molecule has 1 amide bonds. The van der Waals surface area contributed by atoms with Gasteiger partial charge in [-0.05, 0) is 44.9 Å². The maximum atomic E-state index is 11.6. The Balaban J connectivity index is 1.72. The van der Waals surface area contributed by atoms with Gasteiger partial charge in [-0.15, -0.1) is 0 Å². The Hall–Kier alpha value is -1.85. The molecule has 25 heavy (non-hydrogen) atoms. The normalized spacial score (nSPS) is 18.3. The van der Waals surface area contributed by atoms with Crippen LogP contribution in [0.25, 0.3) is 10.9 Å². The zero-order valence-electron chi connectivity index (χ0n) is 14.7. The Labute approximate surface area is 153 Å². The van der Waals surface area contributed by atoms with Crippen molar-refractivity contribution in [3.05, 3.63) is 40.5 Å². The van der Waals surface area contributed by atoms with E-state index < -0.39 is 0 Å². The Morgan fingerprint density at radius 2 is 2.24 bits per heavy atom. The second-order valence-corrected chi connectivity index (χ2v) is 6.83. The Morgan fingerprint density at radius 1 is 1.44 bits per heavy atom. The van der Waals surface area contributed by atoms with E-state index in [1.165, 1.54) is 0 Å². The molecule has 1 saturated heterocycles. The summed E-state index contributed by atoms with van der Waals surface area (Å²) >= 11 is 6.57. The zero-order chi connectivity index (χ0) is 17.8. The summed E-state index contributed by atoms with van der Waals surface area (Å²) in [6.07, 6.45) is 1.65. The van der Waals surface area contributed by atoms with E-state index in [0.29, 0.717) is 13.2 Å². The van der Waals surface area contributed by atoms with Crippen LogP contribution in [-0.4, -0.2) is 41.7 Å². The van der Waals surface area contributed by atoms with Crippen molar-refractivity contribution in [1.29, 1.82) is 0 Å². The average molecular weight is 362 g/mol. The maximum absolute atomic E-state index is 11.6. The van der Waals surface area contributed by atoms with Crippen molar-refractivity contribution in [1.82, 2.24) is 15.2 Å². The average Bonchev–Trinajstić information content (AvgIpc) is 2.60. The third-order valence-corrected chi connectivity index (χ3v) is 5.12. The van der Waals surface area contributed by atoms with Gasteiger partial charge in [0.2, 0.25) is 0 Å². The number of pyridine rings is 1. The van der Waals surface area contributed by atoms with Gasteiger partial charge in [0.1, 0.15) is 0 Å². The number of hydrogen-bond acceptors (Lipinski definition) is 4. The third kappa shape index (κ3) is 4.22. The summed E-state index contributed by atoms with van der Waals surface area (Å²) in [5, 5.41) is 4.76. The lowest BCUT2D eigenvalue weighted by molar-refractivity contribution is 0.132. The summed E-state index contributed by atoms with van der Waals surface area (Å²) in [7, 11) is 0. The molecular weight excluding hydrogens is 338 g/mol. The van der Waals surface area contributed by atoms with Crippen LogP contribution in [0.5, 0.6) is 0 Å². The fourth-order valence-electron chi connectivity index (χ4n) is 3.39. The lowest BCUT2D eigenvalue weighted by Gasteiger charge is -2.32. The van der Waals surface area contributed by atoms with Gasteiger partial charge in [-0.1, -0.05) is 29.8 Å². The van der Waals surface area contributed by atoms with E-state index in [9.17, 15) is 4.79 Å². The minimum Gasteiger partial charge on any atom is -0.450 e. The highest BCUT2D eigenvalue weighted by atomic mass is 35.5. The number of nitrogens with zero attached hydrogens (tertiary/aromatic N) is 2. The molecule has 1 N–H and O–H groups in total. The number of para-hydroxylation sites is 1. The van der Waals surface area contributed by atoms with Gasteiger partial charge in [0.25, 0.3) is 0 Å². The smallest absolute Gasteiger partial charge is 0.407 e. The first-order valence-corrected chi connectivity index (χ1v) is 9.15. The molecule has 3 rings (SSSR count). The molecule has 6 heteroatoms. The van der Waals surface area contributed by atoms with Crippen LogP contribution in [0.1, 0.15) is 31.0 Å². The number of likely N-dealkylation sites (tertiary alicyclic amines) is 1. The molecule has 1 aromatic heterocycles. The Kier molecular flexibility index (Phi) is 5.76. The Bertz CT molecular complexity index is 766. The SMILES string of the molecule is CCOC(=O)NC1CCCN(Cc2nc3ccccc3c(C)c2Cl)C1. The second kappa shape index (κ2) is 8.02. The van der Waals surface area contributed by atoms with E-state index in [2.05, 4.69) is 10.2 Å². The first-order valence-electron chi connectivity index (χ1n) is 8.77. The summed E-state index contributed by atoms with van der Waals surface area (Å²) in [5.41, 5.74) is 2.94. The van der Waals surface area contributed by atoms with Crippen LogP contribution < -0.4 is 5.32 Å². The molecule has 1 aromatic carbocycles. The van der Waals surface area contributed by atoms with Crippen molar-refractivity contribution >= 4 is 28.6 Å². The van der Waals surface area contributed by atoms with E-state index in [1.54, 1.807) is 0 Å². The number of piperidine rings is 1. The molecule has 1 aliphatic rings. The van der Waals surface area contributed by atoms with Crippen LogP contribution in [0.15, 0.2) is 24.3 Å². The summed E-state index contributed by atoms with van der Waals surface area (Å²) in [6.45, 7) is 6.68. The number of ether oxygens (including phenoxy) is 1. The minimum atomic E-state index is -0.341. The molecule has 2 aromatic rings. The zero-order valence-corrected chi connectivity index (χ0v) is 15.5. The molecule has 0 bridgehead atoms. The number of rotatable bonds is 4. The standard InChI is InChI=1S/C19H24ClN3O2/c1-3-25-19(24)21-14-7-6-10-23(11-14)12-17-18(20)13(2)15-8-4-5-9-16(15)22-17/h4-5,8-9,14H,3,6-7,10-12H2,1-2H3,(H,21,24). The number of halogens is 1. The largest absolute Gasteiger partial charge is 0.450 e. The number of nitrogens with one attached hydrogen (secondary N) is 1. The fourth-order valence-corrected chi connectivity index (χ4v) is 3.59. The van der Waals surface area contributed by atoms with Crippen molar-refractivity contribution in [2.75, 3.05) is 19.7 Å². The molecule has 0 saturated carbocycles. The number of fused-ring (bicyclic) bond motifs is 1. The summed E-state index contributed by atoms with van der Waals surface area (Å²) in [5.74, 6) is 0. The van der Waals surface area contributed by atoms with Crippen molar-refractivity contribution in [3.8, 4) is 0 Å². The molecule has 2 heterocycles. The van der Waals surface area contributed by atoms with Crippen molar-refractivity contribution < 1.29 is 9.53 Å². The number of carbonyl (C=O) groups excluding carboxylic acids is 1. The minimum absolute atomic E-state index is 0.105. The quantitative estimate of drug-likeness (QED) is 0.897. The molecule has 5 nitrogen and oxygen atoms in total. The first kappa shape index (κ1) is 18.0. The summed E-state index contributed by atoms with van der Waals surface area (Å²) in [6, 6.07) is 8.17.